The van der Waals surface area contributed by atoms with Gasteiger partial charge in [-0.2, -0.15) is 0 Å². The van der Waals surface area contributed by atoms with Crippen LogP contribution >= 0.6 is 0 Å². The molecule has 3 aromatic heterocycles. The molecule has 7 heteroatoms. The van der Waals surface area contributed by atoms with E-state index in [1.807, 2.05) is 78.9 Å². The Bertz CT molecular complexity index is 1640. The lowest BCUT2D eigenvalue weighted by molar-refractivity contribution is 0.0697. The van der Waals surface area contributed by atoms with E-state index in [4.69, 9.17) is 15.1 Å². The fourth-order valence-electron chi connectivity index (χ4n) is 4.05. The maximum absolute atomic E-state index is 11.2. The average molecular weight is 463 g/mol. The first-order valence-corrected chi connectivity index (χ1v) is 11.0. The molecule has 4 N–H and O–H groups in total. The second-order valence-corrected chi connectivity index (χ2v) is 7.97. The number of carboxylic acid groups (broad SMARTS) is 1. The Morgan fingerprint density at radius 1 is 0.657 bits per heavy atom. The fourth-order valence-corrected chi connectivity index (χ4v) is 4.05. The van der Waals surface area contributed by atoms with Crippen LogP contribution in [0.15, 0.2) is 66.7 Å². The van der Waals surface area contributed by atoms with Crippen molar-refractivity contribution in [2.45, 2.75) is 0 Å². The lowest BCUT2D eigenvalue weighted by Gasteiger charge is -2.00. The monoisotopic (exact) mass is 462 g/mol. The van der Waals surface area contributed by atoms with Crippen LogP contribution in [-0.2, 0) is 0 Å². The van der Waals surface area contributed by atoms with Crippen LogP contribution < -0.4 is 0 Å². The molecule has 0 radical (unpaired) electrons. The smallest absolute Gasteiger partial charge is 0.335 e. The van der Waals surface area contributed by atoms with Crippen molar-refractivity contribution in [3.05, 3.63) is 95.1 Å². The molecule has 0 aliphatic carbocycles. The van der Waals surface area contributed by atoms with Crippen molar-refractivity contribution in [3.8, 4) is 11.1 Å². The van der Waals surface area contributed by atoms with Crippen LogP contribution in [0.5, 0.6) is 0 Å². The number of hydrogen-bond acceptors (Lipinski definition) is 4. The molecule has 0 spiro atoms. The van der Waals surface area contributed by atoms with Crippen LogP contribution in [0.2, 0.25) is 0 Å². The predicted octanol–water partition coefficient (Wildman–Crippen LogP) is 5.63. The molecule has 0 unspecified atom stereocenters. The Kier molecular flexibility index (Phi) is 5.83. The predicted molar refractivity (Wildman–Crippen MR) is 139 cm³/mol. The second kappa shape index (κ2) is 9.24. The van der Waals surface area contributed by atoms with Crippen LogP contribution in [0, 0.1) is 0 Å². The van der Waals surface area contributed by atoms with Crippen molar-refractivity contribution in [1.82, 2.24) is 19.9 Å². The standard InChI is InChI=1S/C27H18N4O2.CH4O/c32-27(33)17-3-1-16(2-4-17)25-14-24-13-22-8-7-20(29-22)11-18-5-6-19(28-18)12-21-9-10-23(30-21)15-26(25)31-24;1-2/h1-15,28,31H,(H,32,33);2H,1H3. The normalized spacial score (nSPS) is 11.7. The Hall–Kier alpha value is -4.75. The highest BCUT2D eigenvalue weighted by molar-refractivity contribution is 5.91. The molecule has 35 heavy (non-hydrogen) atoms. The Labute approximate surface area is 200 Å². The molecule has 7 nitrogen and oxygen atoms in total. The van der Waals surface area contributed by atoms with Crippen LogP contribution in [0.4, 0.5) is 0 Å². The zero-order valence-corrected chi connectivity index (χ0v) is 18.9. The van der Waals surface area contributed by atoms with E-state index in [1.54, 1.807) is 12.1 Å². The van der Waals surface area contributed by atoms with Gasteiger partial charge in [-0.15, -0.1) is 0 Å². The molecule has 6 rings (SSSR count). The minimum Gasteiger partial charge on any atom is -0.478 e. The largest absolute Gasteiger partial charge is 0.478 e. The van der Waals surface area contributed by atoms with Crippen LogP contribution in [0.3, 0.4) is 0 Å². The highest BCUT2D eigenvalue weighted by Crippen LogP contribution is 2.28. The molecule has 0 atom stereocenters. The molecule has 1 aromatic carbocycles. The van der Waals surface area contributed by atoms with Crippen LogP contribution in [0.1, 0.15) is 33.1 Å². The van der Waals surface area contributed by atoms with E-state index in [-0.39, 0.29) is 5.56 Å². The van der Waals surface area contributed by atoms with Gasteiger partial charge in [0.15, 0.2) is 0 Å². The molecule has 172 valence electrons. The third kappa shape index (κ3) is 4.66. The first kappa shape index (κ1) is 22.1. The SMILES string of the molecule is CO.O=C(O)c1ccc(-c2cc3cc4nc(cc5ccc(cc6nc(cc2[nH]3)C=C6)[nH]5)C=C4)cc1. The minimum absolute atomic E-state index is 0.257. The van der Waals surface area contributed by atoms with Gasteiger partial charge in [-0.05, 0) is 84.5 Å². The van der Waals surface area contributed by atoms with Gasteiger partial charge in [-0.25, -0.2) is 14.8 Å². The van der Waals surface area contributed by atoms with E-state index in [0.29, 0.717) is 0 Å². The zero-order valence-electron chi connectivity index (χ0n) is 18.9. The molecule has 4 aromatic rings. The lowest BCUT2D eigenvalue weighted by atomic mass is 10.0. The number of carboxylic acids is 1. The average Bonchev–Trinajstić information content (AvgIpc) is 3.66. The summed E-state index contributed by atoms with van der Waals surface area (Å²) in [6, 6.07) is 21.0. The Balaban J connectivity index is 0.00000124. The third-order valence-electron chi connectivity index (χ3n) is 5.61. The summed E-state index contributed by atoms with van der Waals surface area (Å²) in [4.78, 5) is 27.5. The number of nitrogens with one attached hydrogen (secondary N) is 2. The number of aromatic amines is 2. The molecular formula is C28H22N4O3. The van der Waals surface area contributed by atoms with E-state index in [9.17, 15) is 9.90 Å². The van der Waals surface area contributed by atoms with E-state index in [2.05, 4.69) is 9.97 Å². The number of H-pyrrole nitrogens is 2. The maximum Gasteiger partial charge on any atom is 0.335 e. The van der Waals surface area contributed by atoms with E-state index in [0.717, 1.165) is 63.1 Å². The zero-order chi connectivity index (χ0) is 24.4. The van der Waals surface area contributed by atoms with Crippen molar-refractivity contribution in [2.75, 3.05) is 7.11 Å². The third-order valence-corrected chi connectivity index (χ3v) is 5.61. The molecule has 0 saturated heterocycles. The van der Waals surface area contributed by atoms with Crippen molar-refractivity contribution < 1.29 is 15.0 Å². The number of aromatic nitrogens is 4. The molecule has 0 amide bonds. The number of rotatable bonds is 2. The quantitative estimate of drug-likeness (QED) is 0.266. The first-order valence-electron chi connectivity index (χ1n) is 11.0. The van der Waals surface area contributed by atoms with Crippen molar-refractivity contribution in [3.63, 3.8) is 0 Å². The van der Waals surface area contributed by atoms with Gasteiger partial charge in [0.25, 0.3) is 0 Å². The summed E-state index contributed by atoms with van der Waals surface area (Å²) >= 11 is 0. The van der Waals surface area contributed by atoms with Gasteiger partial charge in [0.1, 0.15) is 0 Å². The number of carbonyl (C=O) groups is 1. The Morgan fingerprint density at radius 2 is 1.17 bits per heavy atom. The van der Waals surface area contributed by atoms with Gasteiger partial charge in [-0.3, -0.25) is 0 Å². The molecular weight excluding hydrogens is 440 g/mol. The number of hydrogen-bond donors (Lipinski definition) is 4. The number of aliphatic hydroxyl groups excluding tert-OH is 1. The van der Waals surface area contributed by atoms with E-state index < -0.39 is 5.97 Å². The molecule has 2 aliphatic heterocycles. The summed E-state index contributed by atoms with van der Waals surface area (Å²) < 4.78 is 0. The first-order chi connectivity index (χ1) is 17.1. The van der Waals surface area contributed by atoms with E-state index in [1.165, 1.54) is 0 Å². The minimum atomic E-state index is -0.942. The van der Waals surface area contributed by atoms with Gasteiger partial charge >= 0.3 is 5.97 Å². The van der Waals surface area contributed by atoms with Gasteiger partial charge in [-0.1, -0.05) is 12.1 Å². The molecule has 5 heterocycles. The summed E-state index contributed by atoms with van der Waals surface area (Å²) in [6.45, 7) is 0. The number of aromatic carboxylic acids is 1. The van der Waals surface area contributed by atoms with Crippen LogP contribution in [0.25, 0.3) is 57.5 Å². The van der Waals surface area contributed by atoms with Crippen molar-refractivity contribution in [1.29, 1.82) is 0 Å². The summed E-state index contributed by atoms with van der Waals surface area (Å²) in [6.07, 6.45) is 7.93. The van der Waals surface area contributed by atoms with Gasteiger partial charge in [0, 0.05) is 34.7 Å². The highest BCUT2D eigenvalue weighted by Gasteiger charge is 2.09. The maximum atomic E-state index is 11.2. The summed E-state index contributed by atoms with van der Waals surface area (Å²) in [5, 5.41) is 16.2. The lowest BCUT2D eigenvalue weighted by Crippen LogP contribution is -1.94. The topological polar surface area (TPSA) is 115 Å². The van der Waals surface area contributed by atoms with E-state index >= 15 is 0 Å². The van der Waals surface area contributed by atoms with Crippen molar-refractivity contribution in [2.24, 2.45) is 0 Å². The van der Waals surface area contributed by atoms with Gasteiger partial charge in [0.05, 0.1) is 28.3 Å². The molecule has 8 bridgehead atoms. The number of fused-ring (bicyclic) bond motifs is 8. The number of nitrogens with zero attached hydrogens (tertiary/aromatic N) is 2. The molecule has 0 saturated carbocycles. The van der Waals surface area contributed by atoms with Crippen LogP contribution in [-0.4, -0.2) is 43.2 Å². The van der Waals surface area contributed by atoms with Crippen molar-refractivity contribution >= 4 is 52.3 Å². The Morgan fingerprint density at radius 3 is 1.71 bits per heavy atom. The van der Waals surface area contributed by atoms with Gasteiger partial charge < -0.3 is 20.2 Å². The summed E-state index contributed by atoms with van der Waals surface area (Å²) in [5.74, 6) is -0.942. The fraction of sp³-hybridized carbons (Fsp3) is 0.0357. The second-order valence-electron chi connectivity index (χ2n) is 7.97. The summed E-state index contributed by atoms with van der Waals surface area (Å²) in [7, 11) is 1.00. The highest BCUT2D eigenvalue weighted by atomic mass is 16.4. The van der Waals surface area contributed by atoms with Gasteiger partial charge in [0.2, 0.25) is 0 Å². The number of aliphatic hydroxyl groups is 1. The molecule has 0 fully saturated rings. The summed E-state index contributed by atoms with van der Waals surface area (Å²) in [5.41, 5.74) is 9.29. The number of benzene rings is 1. The molecule has 2 aliphatic rings.